The monoisotopic (exact) mass is 402 g/mol. The van der Waals surface area contributed by atoms with Gasteiger partial charge >= 0.3 is 6.18 Å². The van der Waals surface area contributed by atoms with E-state index in [1.165, 1.54) is 23.3 Å². The summed E-state index contributed by atoms with van der Waals surface area (Å²) in [5.41, 5.74) is 2.96. The van der Waals surface area contributed by atoms with Crippen molar-refractivity contribution < 1.29 is 22.8 Å². The second-order valence-electron chi connectivity index (χ2n) is 7.55. The minimum absolute atomic E-state index is 0.0502. The fourth-order valence-corrected chi connectivity index (χ4v) is 4.08. The van der Waals surface area contributed by atoms with Crippen LogP contribution in [0.3, 0.4) is 0 Å². The molecule has 1 atom stereocenters. The van der Waals surface area contributed by atoms with Gasteiger partial charge in [-0.15, -0.1) is 0 Å². The topological polar surface area (TPSA) is 49.4 Å². The standard InChI is InChI=1S/C22H21F3N2O2/c23-22(24,25)17-6-1-3-14(11-17)13-26-20(28)19-9-10-27(21(19)29)18-8-7-15-4-2-5-16(15)12-18/h1,3,6-8,11-12,19H,2,4-5,9-10,13H2,(H,26,28)/t19-/m1/s1. The largest absolute Gasteiger partial charge is 0.416 e. The number of amides is 2. The molecule has 152 valence electrons. The lowest BCUT2D eigenvalue weighted by molar-refractivity contribution is -0.137. The number of carbonyl (C=O) groups is 2. The molecule has 7 heteroatoms. The average Bonchev–Trinajstić information content (AvgIpc) is 3.31. The van der Waals surface area contributed by atoms with Gasteiger partial charge in [0.2, 0.25) is 11.8 Å². The fraction of sp³-hybridized carbons (Fsp3) is 0.364. The van der Waals surface area contributed by atoms with Gasteiger partial charge in [-0.05, 0) is 66.6 Å². The molecule has 0 unspecified atom stereocenters. The Kier molecular flexibility index (Phi) is 5.06. The van der Waals surface area contributed by atoms with Crippen LogP contribution in [-0.4, -0.2) is 18.4 Å². The van der Waals surface area contributed by atoms with Crippen LogP contribution in [0.5, 0.6) is 0 Å². The summed E-state index contributed by atoms with van der Waals surface area (Å²) in [6.45, 7) is 0.407. The van der Waals surface area contributed by atoms with Crippen molar-refractivity contribution in [3.63, 3.8) is 0 Å². The summed E-state index contributed by atoms with van der Waals surface area (Å²) in [6, 6.07) is 10.8. The van der Waals surface area contributed by atoms with Gasteiger partial charge in [-0.1, -0.05) is 18.2 Å². The molecule has 1 N–H and O–H groups in total. The molecule has 1 saturated heterocycles. The number of benzene rings is 2. The molecule has 29 heavy (non-hydrogen) atoms. The second-order valence-corrected chi connectivity index (χ2v) is 7.55. The van der Waals surface area contributed by atoms with Crippen molar-refractivity contribution in [2.24, 2.45) is 5.92 Å². The number of alkyl halides is 3. The first-order valence-corrected chi connectivity index (χ1v) is 9.70. The van der Waals surface area contributed by atoms with Gasteiger partial charge in [-0.25, -0.2) is 0 Å². The molecular weight excluding hydrogens is 381 g/mol. The summed E-state index contributed by atoms with van der Waals surface area (Å²) in [5, 5.41) is 2.61. The molecule has 0 bridgehead atoms. The van der Waals surface area contributed by atoms with E-state index < -0.39 is 23.6 Å². The van der Waals surface area contributed by atoms with Gasteiger partial charge in [0.25, 0.3) is 0 Å². The van der Waals surface area contributed by atoms with Crippen molar-refractivity contribution >= 4 is 17.5 Å². The Bertz CT molecular complexity index is 955. The van der Waals surface area contributed by atoms with E-state index >= 15 is 0 Å². The predicted octanol–water partition coefficient (Wildman–Crippen LogP) is 3.86. The van der Waals surface area contributed by atoms with Crippen LogP contribution in [0.4, 0.5) is 18.9 Å². The predicted molar refractivity (Wildman–Crippen MR) is 102 cm³/mol. The summed E-state index contributed by atoms with van der Waals surface area (Å²) in [5.74, 6) is -1.52. The van der Waals surface area contributed by atoms with Crippen molar-refractivity contribution in [3.8, 4) is 0 Å². The molecule has 1 heterocycles. The number of anilines is 1. The maximum atomic E-state index is 12.8. The Morgan fingerprint density at radius 3 is 2.69 bits per heavy atom. The molecule has 2 aliphatic rings. The number of fused-ring (bicyclic) bond motifs is 1. The average molecular weight is 402 g/mol. The molecule has 0 saturated carbocycles. The van der Waals surface area contributed by atoms with Crippen LogP contribution in [0.2, 0.25) is 0 Å². The maximum absolute atomic E-state index is 12.8. The van der Waals surface area contributed by atoms with Gasteiger partial charge in [0.1, 0.15) is 5.92 Å². The Morgan fingerprint density at radius 1 is 1.10 bits per heavy atom. The van der Waals surface area contributed by atoms with E-state index in [0.29, 0.717) is 18.5 Å². The summed E-state index contributed by atoms with van der Waals surface area (Å²) in [6.07, 6.45) is -0.855. The van der Waals surface area contributed by atoms with Crippen LogP contribution in [0, 0.1) is 5.92 Å². The van der Waals surface area contributed by atoms with Crippen molar-refractivity contribution in [1.82, 2.24) is 5.32 Å². The van der Waals surface area contributed by atoms with E-state index in [0.717, 1.165) is 37.1 Å². The Balaban J connectivity index is 1.39. The minimum Gasteiger partial charge on any atom is -0.351 e. The highest BCUT2D eigenvalue weighted by Crippen LogP contribution is 2.31. The third-order valence-electron chi connectivity index (χ3n) is 5.64. The fourth-order valence-electron chi connectivity index (χ4n) is 4.08. The number of halogens is 3. The quantitative estimate of drug-likeness (QED) is 0.790. The first-order chi connectivity index (χ1) is 13.8. The van der Waals surface area contributed by atoms with Crippen LogP contribution in [0.1, 0.15) is 35.1 Å². The Labute approximate surface area is 166 Å². The van der Waals surface area contributed by atoms with E-state index in [-0.39, 0.29) is 12.5 Å². The molecule has 2 aromatic carbocycles. The van der Waals surface area contributed by atoms with Gasteiger partial charge in [0.15, 0.2) is 0 Å². The molecule has 4 nitrogen and oxygen atoms in total. The lowest BCUT2D eigenvalue weighted by Crippen LogP contribution is -2.36. The van der Waals surface area contributed by atoms with Gasteiger partial charge in [0.05, 0.1) is 5.56 Å². The molecule has 2 aromatic rings. The van der Waals surface area contributed by atoms with E-state index in [1.54, 1.807) is 4.90 Å². The number of nitrogens with zero attached hydrogens (tertiary/aromatic N) is 1. The molecule has 2 amide bonds. The van der Waals surface area contributed by atoms with E-state index in [2.05, 4.69) is 5.32 Å². The third kappa shape index (κ3) is 3.99. The molecular formula is C22H21F3N2O2. The lowest BCUT2D eigenvalue weighted by atomic mass is 10.1. The van der Waals surface area contributed by atoms with Crippen molar-refractivity contribution in [3.05, 3.63) is 64.7 Å². The number of rotatable bonds is 4. The van der Waals surface area contributed by atoms with Gasteiger partial charge in [0, 0.05) is 18.8 Å². The maximum Gasteiger partial charge on any atom is 0.416 e. The molecule has 4 rings (SSSR count). The van der Waals surface area contributed by atoms with Crippen molar-refractivity contribution in [2.75, 3.05) is 11.4 Å². The smallest absolute Gasteiger partial charge is 0.351 e. The number of aryl methyl sites for hydroxylation is 2. The molecule has 0 radical (unpaired) electrons. The molecule has 1 aliphatic heterocycles. The van der Waals surface area contributed by atoms with Crippen LogP contribution in [0.25, 0.3) is 0 Å². The minimum atomic E-state index is -4.43. The van der Waals surface area contributed by atoms with Gasteiger partial charge in [-0.2, -0.15) is 13.2 Å². The zero-order valence-electron chi connectivity index (χ0n) is 15.8. The Hall–Kier alpha value is -2.83. The lowest BCUT2D eigenvalue weighted by Gasteiger charge is -2.18. The van der Waals surface area contributed by atoms with E-state index in [1.807, 2.05) is 18.2 Å². The number of hydrogen-bond donors (Lipinski definition) is 1. The number of hydrogen-bond acceptors (Lipinski definition) is 2. The first-order valence-electron chi connectivity index (χ1n) is 9.70. The molecule has 0 spiro atoms. The highest BCUT2D eigenvalue weighted by Gasteiger charge is 2.38. The summed E-state index contributed by atoms with van der Waals surface area (Å²) in [4.78, 5) is 26.9. The zero-order chi connectivity index (χ0) is 20.6. The van der Waals surface area contributed by atoms with E-state index in [9.17, 15) is 22.8 Å². The molecule has 1 fully saturated rings. The van der Waals surface area contributed by atoms with Crippen molar-refractivity contribution in [2.45, 2.75) is 38.4 Å². The number of carbonyl (C=O) groups excluding carboxylic acids is 2. The normalized spacial score (nSPS) is 18.8. The van der Waals surface area contributed by atoms with Gasteiger partial charge < -0.3 is 10.2 Å². The van der Waals surface area contributed by atoms with Crippen LogP contribution in [-0.2, 0) is 35.2 Å². The van der Waals surface area contributed by atoms with Crippen LogP contribution >= 0.6 is 0 Å². The van der Waals surface area contributed by atoms with Gasteiger partial charge in [-0.3, -0.25) is 9.59 Å². The Morgan fingerprint density at radius 2 is 1.90 bits per heavy atom. The molecule has 1 aliphatic carbocycles. The first kappa shape index (κ1) is 19.5. The second kappa shape index (κ2) is 7.54. The summed E-state index contributed by atoms with van der Waals surface area (Å²) >= 11 is 0. The third-order valence-corrected chi connectivity index (χ3v) is 5.64. The summed E-state index contributed by atoms with van der Waals surface area (Å²) in [7, 11) is 0. The highest BCUT2D eigenvalue weighted by atomic mass is 19.4. The van der Waals surface area contributed by atoms with E-state index in [4.69, 9.17) is 0 Å². The zero-order valence-corrected chi connectivity index (χ0v) is 15.8. The SMILES string of the molecule is O=C(NCc1cccc(C(F)(F)F)c1)[C@H]1CCN(c2ccc3c(c2)CCC3)C1=O. The van der Waals surface area contributed by atoms with Crippen LogP contribution in [0.15, 0.2) is 42.5 Å². The number of nitrogens with one attached hydrogen (secondary N) is 1. The molecule has 0 aromatic heterocycles. The van der Waals surface area contributed by atoms with Crippen molar-refractivity contribution in [1.29, 1.82) is 0 Å². The highest BCUT2D eigenvalue weighted by molar-refractivity contribution is 6.09. The van der Waals surface area contributed by atoms with Crippen LogP contribution < -0.4 is 10.2 Å². The summed E-state index contributed by atoms with van der Waals surface area (Å²) < 4.78 is 38.4.